The third kappa shape index (κ3) is 4.45. The van der Waals surface area contributed by atoms with Crippen LogP contribution in [0.4, 0.5) is 13.2 Å². The Kier molecular flexibility index (Phi) is 4.94. The maximum Gasteiger partial charge on any atom is 0.391 e. The summed E-state index contributed by atoms with van der Waals surface area (Å²) in [5, 5.41) is 10.3. The van der Waals surface area contributed by atoms with Crippen LogP contribution in [0.25, 0.3) is 0 Å². The zero-order valence-corrected chi connectivity index (χ0v) is 12.5. The van der Waals surface area contributed by atoms with E-state index in [0.29, 0.717) is 19.6 Å². The van der Waals surface area contributed by atoms with Crippen molar-refractivity contribution < 1.29 is 18.3 Å². The van der Waals surface area contributed by atoms with E-state index in [1.807, 2.05) is 36.9 Å². The highest BCUT2D eigenvalue weighted by atomic mass is 19.4. The van der Waals surface area contributed by atoms with Crippen molar-refractivity contribution in [3.05, 3.63) is 34.9 Å². The van der Waals surface area contributed by atoms with Gasteiger partial charge in [-0.05, 0) is 45.3 Å². The third-order valence-electron chi connectivity index (χ3n) is 4.11. The summed E-state index contributed by atoms with van der Waals surface area (Å²) in [5.41, 5.74) is 3.00. The summed E-state index contributed by atoms with van der Waals surface area (Å²) in [5.74, 6) is -1.19. The van der Waals surface area contributed by atoms with E-state index in [0.717, 1.165) is 16.7 Å². The lowest BCUT2D eigenvalue weighted by atomic mass is 9.95. The van der Waals surface area contributed by atoms with Crippen molar-refractivity contribution in [1.29, 1.82) is 0 Å². The Hall–Kier alpha value is -1.07. The van der Waals surface area contributed by atoms with Gasteiger partial charge in [-0.3, -0.25) is 0 Å². The molecule has 0 aromatic heterocycles. The molecule has 1 aromatic carbocycles. The summed E-state index contributed by atoms with van der Waals surface area (Å²) < 4.78 is 37.9. The first-order chi connectivity index (χ1) is 9.75. The van der Waals surface area contributed by atoms with Crippen LogP contribution in [0.5, 0.6) is 0 Å². The molecule has 0 bridgehead atoms. The number of rotatable bonds is 3. The van der Waals surface area contributed by atoms with Gasteiger partial charge in [0.1, 0.15) is 0 Å². The molecular weight excluding hydrogens is 279 g/mol. The van der Waals surface area contributed by atoms with Gasteiger partial charge in [-0.25, -0.2) is 0 Å². The Bertz CT molecular complexity index is 459. The van der Waals surface area contributed by atoms with Gasteiger partial charge in [0.15, 0.2) is 0 Å². The minimum atomic E-state index is -4.08. The normalized spacial score (nSPS) is 19.7. The highest BCUT2D eigenvalue weighted by molar-refractivity contribution is 5.30. The summed E-state index contributed by atoms with van der Waals surface area (Å²) >= 11 is 0. The number of likely N-dealkylation sites (tertiary alicyclic amines) is 1. The number of aryl methyl sites for hydroxylation is 2. The van der Waals surface area contributed by atoms with E-state index in [4.69, 9.17) is 0 Å². The van der Waals surface area contributed by atoms with Crippen molar-refractivity contribution in [2.45, 2.75) is 39.0 Å². The van der Waals surface area contributed by atoms with Crippen molar-refractivity contribution in [2.24, 2.45) is 5.92 Å². The quantitative estimate of drug-likeness (QED) is 0.922. The van der Waals surface area contributed by atoms with E-state index >= 15 is 0 Å². The minimum absolute atomic E-state index is 0.128. The van der Waals surface area contributed by atoms with Crippen molar-refractivity contribution in [3.63, 3.8) is 0 Å². The number of alkyl halides is 3. The first kappa shape index (κ1) is 16.3. The Morgan fingerprint density at radius 3 is 2.14 bits per heavy atom. The maximum atomic E-state index is 12.6. The standard InChI is InChI=1S/C16H22F3NO/c1-11-7-12(2)9-13(8-11)15(21)10-20-5-3-14(4-6-20)16(17,18)19/h7-9,14-15,21H,3-6,10H2,1-2H3. The number of aliphatic hydroxyl groups excluding tert-OH is 1. The number of benzene rings is 1. The molecule has 2 rings (SSSR count). The Labute approximate surface area is 123 Å². The number of aliphatic hydroxyl groups is 1. The molecule has 21 heavy (non-hydrogen) atoms. The van der Waals surface area contributed by atoms with Gasteiger partial charge >= 0.3 is 6.18 Å². The predicted octanol–water partition coefficient (Wildman–Crippen LogP) is 3.61. The average Bonchev–Trinajstić information content (AvgIpc) is 2.37. The summed E-state index contributed by atoms with van der Waals surface area (Å²) in [6.45, 7) is 5.13. The zero-order valence-electron chi connectivity index (χ0n) is 12.5. The molecule has 1 aliphatic rings. The summed E-state index contributed by atoms with van der Waals surface area (Å²) in [7, 11) is 0. The summed E-state index contributed by atoms with van der Waals surface area (Å²) in [6.07, 6.45) is -4.48. The number of β-amino-alcohol motifs (C(OH)–C–C–N with tert-alkyl or cyclic N) is 1. The molecular formula is C16H22F3NO. The van der Waals surface area contributed by atoms with E-state index in [1.54, 1.807) is 0 Å². The topological polar surface area (TPSA) is 23.5 Å². The number of halogens is 3. The van der Waals surface area contributed by atoms with E-state index in [1.165, 1.54) is 0 Å². The molecule has 1 aliphatic heterocycles. The lowest BCUT2D eigenvalue weighted by molar-refractivity contribution is -0.185. The first-order valence-electron chi connectivity index (χ1n) is 7.31. The van der Waals surface area contributed by atoms with Gasteiger partial charge in [-0.2, -0.15) is 13.2 Å². The van der Waals surface area contributed by atoms with Crippen molar-refractivity contribution in [1.82, 2.24) is 4.90 Å². The van der Waals surface area contributed by atoms with Crippen LogP contribution in [0, 0.1) is 19.8 Å². The monoisotopic (exact) mass is 301 g/mol. The summed E-state index contributed by atoms with van der Waals surface area (Å²) in [4.78, 5) is 1.92. The molecule has 0 spiro atoms. The van der Waals surface area contributed by atoms with Crippen LogP contribution >= 0.6 is 0 Å². The van der Waals surface area contributed by atoms with Gasteiger partial charge in [0.05, 0.1) is 12.0 Å². The first-order valence-corrected chi connectivity index (χ1v) is 7.31. The van der Waals surface area contributed by atoms with E-state index < -0.39 is 18.2 Å². The number of nitrogens with zero attached hydrogens (tertiary/aromatic N) is 1. The van der Waals surface area contributed by atoms with Crippen LogP contribution < -0.4 is 0 Å². The number of hydrogen-bond acceptors (Lipinski definition) is 2. The molecule has 1 saturated heterocycles. The zero-order chi connectivity index (χ0) is 15.6. The highest BCUT2D eigenvalue weighted by Gasteiger charge is 2.41. The Morgan fingerprint density at radius 1 is 1.14 bits per heavy atom. The molecule has 2 nitrogen and oxygen atoms in total. The Balaban J connectivity index is 1.91. The second-order valence-electron chi connectivity index (χ2n) is 6.05. The van der Waals surface area contributed by atoms with E-state index in [-0.39, 0.29) is 12.8 Å². The second-order valence-corrected chi connectivity index (χ2v) is 6.05. The van der Waals surface area contributed by atoms with Crippen LogP contribution in [0.3, 0.4) is 0 Å². The minimum Gasteiger partial charge on any atom is -0.387 e. The van der Waals surface area contributed by atoms with Crippen LogP contribution in [0.2, 0.25) is 0 Å². The van der Waals surface area contributed by atoms with Crippen molar-refractivity contribution in [2.75, 3.05) is 19.6 Å². The van der Waals surface area contributed by atoms with Gasteiger partial charge in [0.2, 0.25) is 0 Å². The van der Waals surface area contributed by atoms with Crippen LogP contribution in [-0.2, 0) is 0 Å². The van der Waals surface area contributed by atoms with Crippen LogP contribution in [0.1, 0.15) is 35.6 Å². The van der Waals surface area contributed by atoms with Gasteiger partial charge in [-0.15, -0.1) is 0 Å². The van der Waals surface area contributed by atoms with Crippen molar-refractivity contribution in [3.8, 4) is 0 Å². The molecule has 5 heteroatoms. The lowest BCUT2D eigenvalue weighted by Crippen LogP contribution is -2.40. The molecule has 0 amide bonds. The van der Waals surface area contributed by atoms with Crippen molar-refractivity contribution >= 4 is 0 Å². The van der Waals surface area contributed by atoms with Gasteiger partial charge in [-0.1, -0.05) is 29.3 Å². The third-order valence-corrected chi connectivity index (χ3v) is 4.11. The molecule has 0 saturated carbocycles. The van der Waals surface area contributed by atoms with Gasteiger partial charge < -0.3 is 10.0 Å². The fraction of sp³-hybridized carbons (Fsp3) is 0.625. The van der Waals surface area contributed by atoms with Crippen LogP contribution in [-0.4, -0.2) is 35.8 Å². The molecule has 1 N–H and O–H groups in total. The summed E-state index contributed by atoms with van der Waals surface area (Å²) in [6, 6.07) is 5.89. The predicted molar refractivity (Wildman–Crippen MR) is 76.1 cm³/mol. The molecule has 1 unspecified atom stereocenters. The number of hydrogen-bond donors (Lipinski definition) is 1. The molecule has 1 atom stereocenters. The maximum absolute atomic E-state index is 12.6. The average molecular weight is 301 g/mol. The molecule has 0 radical (unpaired) electrons. The SMILES string of the molecule is Cc1cc(C)cc(C(O)CN2CCC(C(F)(F)F)CC2)c1. The fourth-order valence-corrected chi connectivity index (χ4v) is 3.00. The number of piperidine rings is 1. The second kappa shape index (κ2) is 6.36. The van der Waals surface area contributed by atoms with E-state index in [9.17, 15) is 18.3 Å². The highest BCUT2D eigenvalue weighted by Crippen LogP contribution is 2.34. The lowest BCUT2D eigenvalue weighted by Gasteiger charge is -2.34. The molecule has 118 valence electrons. The fourth-order valence-electron chi connectivity index (χ4n) is 3.00. The molecule has 1 fully saturated rings. The Morgan fingerprint density at radius 2 is 1.67 bits per heavy atom. The van der Waals surface area contributed by atoms with Gasteiger partial charge in [0, 0.05) is 6.54 Å². The van der Waals surface area contributed by atoms with Crippen LogP contribution in [0.15, 0.2) is 18.2 Å². The molecule has 1 heterocycles. The molecule has 0 aliphatic carbocycles. The van der Waals surface area contributed by atoms with Gasteiger partial charge in [0.25, 0.3) is 0 Å². The molecule has 1 aromatic rings. The largest absolute Gasteiger partial charge is 0.391 e. The van der Waals surface area contributed by atoms with E-state index in [2.05, 4.69) is 0 Å². The smallest absolute Gasteiger partial charge is 0.387 e.